The lowest BCUT2D eigenvalue weighted by Gasteiger charge is -2.05. The molecule has 6 heteroatoms. The van der Waals surface area contributed by atoms with Crippen molar-refractivity contribution in [3.05, 3.63) is 0 Å². The third kappa shape index (κ3) is 3.40. The molecule has 0 bridgehead atoms. The Balaban J connectivity index is 4.05. The molecule has 0 aliphatic heterocycles. The van der Waals surface area contributed by atoms with Crippen LogP contribution in [-0.2, 0) is 10.0 Å². The topological polar surface area (TPSA) is 37.4 Å². The van der Waals surface area contributed by atoms with E-state index in [2.05, 4.69) is 16.1 Å². The fraction of sp³-hybridized carbons (Fsp3) is 1.00. The predicted octanol–water partition coefficient (Wildman–Crippen LogP) is 0.797. The van der Waals surface area contributed by atoms with Crippen molar-refractivity contribution in [1.29, 1.82) is 0 Å². The minimum absolute atomic E-state index is 0.0314. The van der Waals surface area contributed by atoms with Crippen molar-refractivity contribution in [3.8, 4) is 0 Å². The molecule has 3 nitrogen and oxygen atoms in total. The van der Waals surface area contributed by atoms with Gasteiger partial charge in [0.05, 0.1) is 5.75 Å². The molecule has 0 spiro atoms. The Morgan fingerprint density at radius 3 is 2.22 bits per heavy atom. The lowest BCUT2D eigenvalue weighted by Crippen LogP contribution is -2.20. The van der Waals surface area contributed by atoms with Crippen LogP contribution in [0.5, 0.6) is 0 Å². The van der Waals surface area contributed by atoms with E-state index in [9.17, 15) is 8.42 Å². The van der Waals surface area contributed by atoms with E-state index in [1.807, 2.05) is 0 Å². The van der Waals surface area contributed by atoms with Gasteiger partial charge < -0.3 is 0 Å². The van der Waals surface area contributed by atoms with Gasteiger partial charge >= 0.3 is 0 Å². The van der Waals surface area contributed by atoms with Gasteiger partial charge in [-0.1, -0.05) is 0 Å². The molecule has 0 amide bonds. The smallest absolute Gasteiger partial charge is 0.211 e. The number of hydrogen-bond donors (Lipinski definition) is 0. The Bertz CT molecular complexity index is 167. The van der Waals surface area contributed by atoms with Crippen LogP contribution in [0.1, 0.15) is 0 Å². The lowest BCUT2D eigenvalue weighted by atomic mass is 11.0. The highest BCUT2D eigenvalue weighted by Crippen LogP contribution is 2.03. The third-order valence-corrected chi connectivity index (χ3v) is 3.94. The molecule has 56 valence electrons. The maximum absolute atomic E-state index is 10.7. The predicted molar refractivity (Wildman–Crippen MR) is 41.2 cm³/mol. The van der Waals surface area contributed by atoms with Crippen LogP contribution in [0.4, 0.5) is 0 Å². The van der Waals surface area contributed by atoms with Crippen LogP contribution in [0.25, 0.3) is 0 Å². The summed E-state index contributed by atoms with van der Waals surface area (Å²) in [5.41, 5.74) is 0. The number of alkyl halides is 1. The van der Waals surface area contributed by atoms with Gasteiger partial charge in [-0.15, -0.1) is 14.9 Å². The molecule has 0 aliphatic rings. The second-order valence-electron chi connectivity index (χ2n) is 1.40. The number of halogens is 2. The second-order valence-corrected chi connectivity index (χ2v) is 5.43. The maximum atomic E-state index is 10.7. The Kier molecular flexibility index (Phi) is 4.04. The summed E-state index contributed by atoms with van der Waals surface area (Å²) in [4.78, 5) is 0. The summed E-state index contributed by atoms with van der Waals surface area (Å²) in [6.07, 6.45) is 0. The Morgan fingerprint density at radius 1 is 1.67 bits per heavy atom. The average molecular weight is 237 g/mol. The zero-order valence-corrected chi connectivity index (χ0v) is 8.00. The van der Waals surface area contributed by atoms with Gasteiger partial charge in [0.2, 0.25) is 10.0 Å². The van der Waals surface area contributed by atoms with Gasteiger partial charge in [0, 0.05) is 29.1 Å². The zero-order valence-electron chi connectivity index (χ0n) is 4.84. The second kappa shape index (κ2) is 3.75. The molecule has 0 N–H and O–H groups in total. The van der Waals surface area contributed by atoms with Gasteiger partial charge in [-0.05, 0) is 0 Å². The minimum atomic E-state index is -3.13. The van der Waals surface area contributed by atoms with Crippen LogP contribution in [-0.4, -0.2) is 30.4 Å². The van der Waals surface area contributed by atoms with Crippen molar-refractivity contribution in [1.82, 2.24) is 3.33 Å². The molecule has 0 heterocycles. The molecular formula is C3H7BrClNO2S. The van der Waals surface area contributed by atoms with Crippen LogP contribution in [0, 0.1) is 0 Å². The van der Waals surface area contributed by atoms with Crippen LogP contribution in [0.15, 0.2) is 0 Å². The molecule has 9 heavy (non-hydrogen) atoms. The molecule has 0 fully saturated rings. The molecule has 0 aliphatic carbocycles. The van der Waals surface area contributed by atoms with E-state index in [-0.39, 0.29) is 11.6 Å². The number of rotatable bonds is 3. The van der Waals surface area contributed by atoms with Gasteiger partial charge in [0.15, 0.2) is 0 Å². The standard InChI is InChI=1S/C3H7BrClNO2S/c1-6(4)9(7,8)3-2-5/h2-3H2,1H3. The normalized spacial score (nSPS) is 12.4. The Labute approximate surface area is 68.4 Å². The molecule has 0 rings (SSSR count). The minimum Gasteiger partial charge on any atom is -0.211 e. The van der Waals surface area contributed by atoms with Crippen molar-refractivity contribution in [2.24, 2.45) is 0 Å². The van der Waals surface area contributed by atoms with Crippen LogP contribution in [0.3, 0.4) is 0 Å². The summed E-state index contributed by atoms with van der Waals surface area (Å²) < 4.78 is 22.4. The highest BCUT2D eigenvalue weighted by Gasteiger charge is 2.12. The largest absolute Gasteiger partial charge is 0.224 e. The highest BCUT2D eigenvalue weighted by atomic mass is 79.9. The molecule has 0 unspecified atom stereocenters. The monoisotopic (exact) mass is 235 g/mol. The summed E-state index contributed by atoms with van der Waals surface area (Å²) in [7, 11) is -1.73. The van der Waals surface area contributed by atoms with Gasteiger partial charge in [-0.2, -0.15) is 0 Å². The first-order valence-electron chi connectivity index (χ1n) is 2.19. The van der Waals surface area contributed by atoms with E-state index in [0.717, 1.165) is 3.33 Å². The van der Waals surface area contributed by atoms with Crippen LogP contribution >= 0.6 is 27.7 Å². The first-order chi connectivity index (χ1) is 4.00. The van der Waals surface area contributed by atoms with E-state index in [1.54, 1.807) is 0 Å². The van der Waals surface area contributed by atoms with E-state index in [1.165, 1.54) is 7.05 Å². The molecule has 0 saturated carbocycles. The molecule has 0 aromatic heterocycles. The van der Waals surface area contributed by atoms with Gasteiger partial charge in [0.1, 0.15) is 0 Å². The summed E-state index contributed by atoms with van der Waals surface area (Å²) in [6, 6.07) is 0. The third-order valence-electron chi connectivity index (χ3n) is 0.718. The Hall–Kier alpha value is 0.680. The van der Waals surface area contributed by atoms with Crippen LogP contribution in [0.2, 0.25) is 0 Å². The van der Waals surface area contributed by atoms with E-state index >= 15 is 0 Å². The Morgan fingerprint density at radius 2 is 2.11 bits per heavy atom. The molecule has 0 saturated heterocycles. The van der Waals surface area contributed by atoms with Crippen molar-refractivity contribution in [3.63, 3.8) is 0 Å². The van der Waals surface area contributed by atoms with E-state index < -0.39 is 10.0 Å². The maximum Gasteiger partial charge on any atom is 0.224 e. The fourth-order valence-corrected chi connectivity index (χ4v) is 1.69. The molecule has 0 aromatic rings. The number of hydrogen-bond acceptors (Lipinski definition) is 2. The average Bonchev–Trinajstić information content (AvgIpc) is 1.65. The van der Waals surface area contributed by atoms with Gasteiger partial charge in [-0.25, -0.2) is 8.42 Å². The SMILES string of the molecule is CN(Br)S(=O)(=O)CCCl. The van der Waals surface area contributed by atoms with Gasteiger partial charge in [0.25, 0.3) is 0 Å². The van der Waals surface area contributed by atoms with Crippen molar-refractivity contribution >= 4 is 37.8 Å². The summed E-state index contributed by atoms with van der Waals surface area (Å²) in [6.45, 7) is 0. The lowest BCUT2D eigenvalue weighted by molar-refractivity contribution is 0.569. The summed E-state index contributed by atoms with van der Waals surface area (Å²) in [5.74, 6) is 0.0918. The summed E-state index contributed by atoms with van der Waals surface area (Å²) >= 11 is 7.99. The summed E-state index contributed by atoms with van der Waals surface area (Å²) in [5, 5.41) is 0. The van der Waals surface area contributed by atoms with Gasteiger partial charge in [-0.3, -0.25) is 0 Å². The quantitative estimate of drug-likeness (QED) is 0.537. The molecule has 0 atom stereocenters. The van der Waals surface area contributed by atoms with E-state index in [4.69, 9.17) is 11.6 Å². The highest BCUT2D eigenvalue weighted by molar-refractivity contribution is 9.08. The van der Waals surface area contributed by atoms with Crippen LogP contribution < -0.4 is 0 Å². The van der Waals surface area contributed by atoms with Crippen molar-refractivity contribution < 1.29 is 8.42 Å². The first-order valence-corrected chi connectivity index (χ1v) is 5.04. The molecule has 0 aromatic carbocycles. The van der Waals surface area contributed by atoms with Crippen molar-refractivity contribution in [2.45, 2.75) is 0 Å². The molecular weight excluding hydrogens is 229 g/mol. The zero-order chi connectivity index (χ0) is 7.49. The van der Waals surface area contributed by atoms with E-state index in [0.29, 0.717) is 0 Å². The molecule has 0 radical (unpaired) electrons. The number of nitrogens with zero attached hydrogens (tertiary/aromatic N) is 1. The number of sulfonamides is 1. The fourth-order valence-electron chi connectivity index (χ4n) is 0.223. The van der Waals surface area contributed by atoms with Crippen molar-refractivity contribution in [2.75, 3.05) is 18.7 Å². The first kappa shape index (κ1) is 9.68.